The second-order valence-electron chi connectivity index (χ2n) is 6.58. The van der Waals surface area contributed by atoms with Gasteiger partial charge in [0.1, 0.15) is 0 Å². The monoisotopic (exact) mass is 335 g/mol. The van der Waals surface area contributed by atoms with Crippen molar-refractivity contribution in [3.05, 3.63) is 71.4 Å². The topological polar surface area (TPSA) is 70.2 Å². The third-order valence-corrected chi connectivity index (χ3v) is 4.58. The van der Waals surface area contributed by atoms with E-state index in [1.807, 2.05) is 36.4 Å². The van der Waals surface area contributed by atoms with E-state index in [1.54, 1.807) is 18.3 Å². The fourth-order valence-corrected chi connectivity index (χ4v) is 3.07. The summed E-state index contributed by atoms with van der Waals surface area (Å²) in [5, 5.41) is 10.5. The molecule has 1 aromatic heterocycles. The zero-order valence-electron chi connectivity index (χ0n) is 14.3. The predicted molar refractivity (Wildman–Crippen MR) is 98.2 cm³/mol. The normalized spacial score (nSPS) is 12.4. The maximum atomic E-state index is 12.6. The number of benzene rings is 2. The second kappa shape index (κ2) is 6.93. The molecule has 1 heterocycles. The number of hydrogen-bond acceptors (Lipinski definition) is 2. The summed E-state index contributed by atoms with van der Waals surface area (Å²) in [5.74, 6) is -1.62. The number of Topliss-reactive ketones (excluding diaryl/α,β-unsaturated/α-hetero) is 1. The lowest BCUT2D eigenvalue weighted by atomic mass is 9.90. The van der Waals surface area contributed by atoms with Crippen LogP contribution in [0.15, 0.2) is 54.7 Å². The van der Waals surface area contributed by atoms with Crippen molar-refractivity contribution in [2.45, 2.75) is 32.1 Å². The Morgan fingerprint density at radius 1 is 1.04 bits per heavy atom. The van der Waals surface area contributed by atoms with Crippen molar-refractivity contribution in [3.63, 3.8) is 0 Å². The molecule has 4 heteroatoms. The number of carbonyl (C=O) groups excluding carboxylic acids is 1. The van der Waals surface area contributed by atoms with Gasteiger partial charge in [0.2, 0.25) is 0 Å². The van der Waals surface area contributed by atoms with Crippen molar-refractivity contribution in [3.8, 4) is 0 Å². The highest BCUT2D eigenvalue weighted by molar-refractivity contribution is 6.00. The summed E-state index contributed by atoms with van der Waals surface area (Å²) in [6, 6.07) is 14.9. The number of rotatable bonds is 6. The van der Waals surface area contributed by atoms with E-state index in [2.05, 4.69) is 18.8 Å². The van der Waals surface area contributed by atoms with Crippen molar-refractivity contribution in [1.82, 2.24) is 4.98 Å². The minimum atomic E-state index is -0.989. The third kappa shape index (κ3) is 3.48. The van der Waals surface area contributed by atoms with Gasteiger partial charge in [-0.15, -0.1) is 0 Å². The number of fused-ring (bicyclic) bond motifs is 1. The summed E-state index contributed by atoms with van der Waals surface area (Å²) in [4.78, 5) is 27.5. The van der Waals surface area contributed by atoms with Gasteiger partial charge in [-0.1, -0.05) is 56.3 Å². The molecule has 0 fully saturated rings. The number of para-hydroxylation sites is 1. The van der Waals surface area contributed by atoms with Crippen LogP contribution in [0.3, 0.4) is 0 Å². The summed E-state index contributed by atoms with van der Waals surface area (Å²) < 4.78 is 0. The molecule has 25 heavy (non-hydrogen) atoms. The van der Waals surface area contributed by atoms with Crippen molar-refractivity contribution >= 4 is 22.7 Å². The summed E-state index contributed by atoms with van der Waals surface area (Å²) in [6.07, 6.45) is 1.64. The number of nitrogens with one attached hydrogen (secondary N) is 1. The number of H-pyrrole nitrogens is 1. The van der Waals surface area contributed by atoms with E-state index in [9.17, 15) is 14.7 Å². The molecular formula is C21H21NO3. The van der Waals surface area contributed by atoms with Gasteiger partial charge in [-0.05, 0) is 23.1 Å². The van der Waals surface area contributed by atoms with Crippen LogP contribution in [0.5, 0.6) is 0 Å². The Balaban J connectivity index is 1.87. The molecule has 0 saturated heterocycles. The number of hydrogen-bond donors (Lipinski definition) is 2. The molecule has 4 nitrogen and oxygen atoms in total. The van der Waals surface area contributed by atoms with Crippen LogP contribution in [-0.4, -0.2) is 21.8 Å². The maximum Gasteiger partial charge on any atom is 0.311 e. The quantitative estimate of drug-likeness (QED) is 0.640. The first-order chi connectivity index (χ1) is 12.0. The first-order valence-corrected chi connectivity index (χ1v) is 8.39. The molecule has 3 aromatic rings. The average Bonchev–Trinajstić information content (AvgIpc) is 3.03. The molecule has 0 amide bonds. The van der Waals surface area contributed by atoms with Gasteiger partial charge in [-0.25, -0.2) is 0 Å². The lowest BCUT2D eigenvalue weighted by Crippen LogP contribution is -2.16. The van der Waals surface area contributed by atoms with E-state index in [4.69, 9.17) is 0 Å². The van der Waals surface area contributed by atoms with Crippen molar-refractivity contribution in [2.75, 3.05) is 0 Å². The Hall–Kier alpha value is -2.88. The van der Waals surface area contributed by atoms with Crippen molar-refractivity contribution in [1.29, 1.82) is 0 Å². The van der Waals surface area contributed by atoms with Crippen LogP contribution in [0.2, 0.25) is 0 Å². The van der Waals surface area contributed by atoms with E-state index >= 15 is 0 Å². The molecule has 2 N–H and O–H groups in total. The van der Waals surface area contributed by atoms with Crippen LogP contribution in [0.1, 0.15) is 53.6 Å². The number of aromatic nitrogens is 1. The van der Waals surface area contributed by atoms with Crippen LogP contribution < -0.4 is 0 Å². The van der Waals surface area contributed by atoms with Gasteiger partial charge < -0.3 is 10.1 Å². The Bertz CT molecular complexity index is 906. The van der Waals surface area contributed by atoms with Gasteiger partial charge in [-0.2, -0.15) is 0 Å². The van der Waals surface area contributed by atoms with Gasteiger partial charge >= 0.3 is 5.97 Å². The highest BCUT2D eigenvalue weighted by atomic mass is 16.4. The molecule has 2 aromatic carbocycles. The van der Waals surface area contributed by atoms with Crippen LogP contribution in [0.25, 0.3) is 10.9 Å². The molecule has 0 unspecified atom stereocenters. The second-order valence-corrected chi connectivity index (χ2v) is 6.58. The SMILES string of the molecule is CC(C)c1ccc(C(=O)C[C@H](C(=O)O)c2c[nH]c3ccccc23)cc1. The molecular weight excluding hydrogens is 314 g/mol. The predicted octanol–water partition coefficient (Wildman–Crippen LogP) is 4.73. The molecule has 0 bridgehead atoms. The number of carbonyl (C=O) groups is 2. The van der Waals surface area contributed by atoms with Crippen LogP contribution in [-0.2, 0) is 4.79 Å². The molecule has 0 aliphatic rings. The third-order valence-electron chi connectivity index (χ3n) is 4.58. The Morgan fingerprint density at radius 2 is 1.72 bits per heavy atom. The molecule has 0 radical (unpaired) electrons. The summed E-state index contributed by atoms with van der Waals surface area (Å²) in [6.45, 7) is 4.18. The number of ketones is 1. The van der Waals surface area contributed by atoms with E-state index in [1.165, 1.54) is 0 Å². The minimum absolute atomic E-state index is 0.0573. The number of aromatic amines is 1. The van der Waals surface area contributed by atoms with Crippen molar-refractivity contribution < 1.29 is 14.7 Å². The number of carboxylic acids is 1. The molecule has 0 aliphatic carbocycles. The lowest BCUT2D eigenvalue weighted by Gasteiger charge is -2.12. The standard InChI is InChI=1S/C21H21NO3/c1-13(2)14-7-9-15(10-8-14)20(23)11-17(21(24)25)18-12-22-19-6-4-3-5-16(18)19/h3-10,12-13,17,22H,11H2,1-2H3,(H,24,25)/t17-/m0/s1. The summed E-state index contributed by atoms with van der Waals surface area (Å²) in [5.41, 5.74) is 3.23. The maximum absolute atomic E-state index is 12.6. The fraction of sp³-hybridized carbons (Fsp3) is 0.238. The zero-order valence-corrected chi connectivity index (χ0v) is 14.3. The molecule has 0 saturated carbocycles. The van der Waals surface area contributed by atoms with Crippen LogP contribution in [0.4, 0.5) is 0 Å². The summed E-state index contributed by atoms with van der Waals surface area (Å²) in [7, 11) is 0. The fourth-order valence-electron chi connectivity index (χ4n) is 3.07. The molecule has 0 aliphatic heterocycles. The van der Waals surface area contributed by atoms with Crippen LogP contribution in [0, 0.1) is 0 Å². The molecule has 3 rings (SSSR count). The van der Waals surface area contributed by atoms with Gasteiger partial charge in [0.05, 0.1) is 5.92 Å². The van der Waals surface area contributed by atoms with Gasteiger partial charge in [0.25, 0.3) is 0 Å². The number of carboxylic acid groups (broad SMARTS) is 1. The lowest BCUT2D eigenvalue weighted by molar-refractivity contribution is -0.138. The highest BCUT2D eigenvalue weighted by Gasteiger charge is 2.26. The average molecular weight is 335 g/mol. The smallest absolute Gasteiger partial charge is 0.311 e. The first kappa shape index (κ1) is 17.0. The highest BCUT2D eigenvalue weighted by Crippen LogP contribution is 2.29. The molecule has 1 atom stereocenters. The first-order valence-electron chi connectivity index (χ1n) is 8.39. The Kier molecular flexibility index (Phi) is 4.70. The van der Waals surface area contributed by atoms with Gasteiger partial charge in [0.15, 0.2) is 5.78 Å². The Morgan fingerprint density at radius 3 is 2.36 bits per heavy atom. The van der Waals surface area contributed by atoms with E-state index in [-0.39, 0.29) is 12.2 Å². The van der Waals surface area contributed by atoms with Crippen molar-refractivity contribution in [2.24, 2.45) is 0 Å². The van der Waals surface area contributed by atoms with Gasteiger partial charge in [0, 0.05) is 29.1 Å². The van der Waals surface area contributed by atoms with E-state index in [0.29, 0.717) is 17.0 Å². The Labute approximate surface area is 146 Å². The van der Waals surface area contributed by atoms with E-state index in [0.717, 1.165) is 16.5 Å². The number of aliphatic carboxylic acids is 1. The molecule has 128 valence electrons. The molecule has 0 spiro atoms. The van der Waals surface area contributed by atoms with E-state index < -0.39 is 11.9 Å². The zero-order chi connectivity index (χ0) is 18.0. The minimum Gasteiger partial charge on any atom is -0.481 e. The summed E-state index contributed by atoms with van der Waals surface area (Å²) >= 11 is 0. The van der Waals surface area contributed by atoms with Crippen LogP contribution >= 0.6 is 0 Å². The van der Waals surface area contributed by atoms with Gasteiger partial charge in [-0.3, -0.25) is 9.59 Å². The largest absolute Gasteiger partial charge is 0.481 e.